The van der Waals surface area contributed by atoms with Crippen molar-refractivity contribution in [2.45, 2.75) is 84.0 Å². The second kappa shape index (κ2) is 16.8. The minimum absolute atomic E-state index is 0.000427. The molecule has 0 radical (unpaired) electrons. The maximum absolute atomic E-state index is 11.9. The van der Waals surface area contributed by atoms with Crippen molar-refractivity contribution in [3.8, 4) is 0 Å². The van der Waals surface area contributed by atoms with Crippen molar-refractivity contribution in [3.63, 3.8) is 0 Å². The van der Waals surface area contributed by atoms with Crippen LogP contribution in [0.1, 0.15) is 73.8 Å². The summed E-state index contributed by atoms with van der Waals surface area (Å²) in [5.74, 6) is -0.323. The van der Waals surface area contributed by atoms with Crippen LogP contribution in [0, 0.1) is 11.8 Å². The highest BCUT2D eigenvalue weighted by Crippen LogP contribution is 2.40. The molecular formula is C27H42O6S. The Bertz CT molecular complexity index is 793. The molecule has 0 bridgehead atoms. The summed E-state index contributed by atoms with van der Waals surface area (Å²) in [5, 5.41) is 38.5. The summed E-state index contributed by atoms with van der Waals surface area (Å²) in [6.07, 6.45) is 7.17. The Hall–Kier alpha value is -1.73. The monoisotopic (exact) mass is 494 g/mol. The van der Waals surface area contributed by atoms with E-state index in [2.05, 4.69) is 12.3 Å². The van der Waals surface area contributed by atoms with Gasteiger partial charge in [0.2, 0.25) is 0 Å². The average Bonchev–Trinajstić information content (AvgIpc) is 3.38. The number of carbonyl (C=O) groups is 1. The van der Waals surface area contributed by atoms with Crippen LogP contribution in [0.5, 0.6) is 0 Å². The lowest BCUT2D eigenvalue weighted by Gasteiger charge is -2.18. The van der Waals surface area contributed by atoms with Crippen LogP contribution in [0.3, 0.4) is 0 Å². The molecule has 0 amide bonds. The molecule has 0 saturated heterocycles. The first kappa shape index (κ1) is 30.3. The van der Waals surface area contributed by atoms with Gasteiger partial charge in [-0.3, -0.25) is 0 Å². The van der Waals surface area contributed by atoms with E-state index in [0.717, 1.165) is 36.1 Å². The molecule has 0 aromatic carbocycles. The highest BCUT2D eigenvalue weighted by molar-refractivity contribution is 7.13. The molecule has 1 aliphatic carbocycles. The topological polar surface area (TPSA) is 107 Å². The maximum Gasteiger partial charge on any atom is 0.348 e. The van der Waals surface area contributed by atoms with Gasteiger partial charge in [-0.2, -0.15) is 0 Å². The van der Waals surface area contributed by atoms with Gasteiger partial charge in [0.25, 0.3) is 0 Å². The van der Waals surface area contributed by atoms with Gasteiger partial charge in [0.05, 0.1) is 24.9 Å². The average molecular weight is 495 g/mol. The van der Waals surface area contributed by atoms with Crippen LogP contribution in [0.25, 0.3) is 0 Å². The summed E-state index contributed by atoms with van der Waals surface area (Å²) in [5.41, 5.74) is 4.10. The molecule has 7 heteroatoms. The summed E-state index contributed by atoms with van der Waals surface area (Å²) < 4.78 is 4.94. The maximum atomic E-state index is 11.9. The van der Waals surface area contributed by atoms with Gasteiger partial charge in [-0.1, -0.05) is 26.0 Å². The summed E-state index contributed by atoms with van der Waals surface area (Å²) >= 11 is 1.40. The van der Waals surface area contributed by atoms with Gasteiger partial charge in [-0.05, 0) is 82.1 Å². The molecule has 1 aromatic rings. The van der Waals surface area contributed by atoms with Crippen LogP contribution in [0.2, 0.25) is 0 Å². The number of hydrogen-bond donors (Lipinski definition) is 4. The standard InChI is InChI=1S/C25H36O6S.C2H6/c1-17-16-23(29)22(11-4-8-19(28)7-3-6-18(2)27)21(17)10-5-9-20-12-13-24(32-20)25(30)31-15-14-26;1-2/h8,11-13,18-19,21-23,26-29H,1,3,5-7,9-10,14-16H2,2H3;1-2H3/t4?,18-,19-,21-,22?,23+;/m0./s1. The number of aryl methyl sites for hydroxylation is 1. The predicted octanol–water partition coefficient (Wildman–Crippen LogP) is 4.42. The fourth-order valence-corrected chi connectivity index (χ4v) is 4.97. The molecule has 34 heavy (non-hydrogen) atoms. The van der Waals surface area contributed by atoms with E-state index in [-0.39, 0.29) is 31.2 Å². The number of hydrogen-bond acceptors (Lipinski definition) is 7. The smallest absolute Gasteiger partial charge is 0.348 e. The predicted molar refractivity (Wildman–Crippen MR) is 137 cm³/mol. The lowest BCUT2D eigenvalue weighted by molar-refractivity contribution is 0.0439. The highest BCUT2D eigenvalue weighted by atomic mass is 32.1. The Morgan fingerprint density at radius 2 is 2.03 bits per heavy atom. The summed E-state index contributed by atoms with van der Waals surface area (Å²) in [4.78, 5) is 13.5. The summed E-state index contributed by atoms with van der Waals surface area (Å²) in [6.45, 7) is 9.70. The second-order valence-corrected chi connectivity index (χ2v) is 9.65. The van der Waals surface area contributed by atoms with Gasteiger partial charge < -0.3 is 25.2 Å². The van der Waals surface area contributed by atoms with Crippen molar-refractivity contribution in [2.75, 3.05) is 13.2 Å². The molecule has 1 heterocycles. The number of aliphatic hydroxyl groups excluding tert-OH is 4. The van der Waals surface area contributed by atoms with Crippen LogP contribution in [-0.2, 0) is 11.2 Å². The molecule has 4 N–H and O–H groups in total. The molecule has 192 valence electrons. The van der Waals surface area contributed by atoms with Crippen molar-refractivity contribution in [2.24, 2.45) is 11.8 Å². The van der Waals surface area contributed by atoms with Gasteiger partial charge in [0, 0.05) is 10.8 Å². The Morgan fingerprint density at radius 1 is 1.29 bits per heavy atom. The SMILES string of the molecule is C=C1C[C@@H](O)C(C=C=C[C@@H](O)CCC[C@H](C)O)[C@H]1CCCc1ccc(C(=O)OCCO)s1.CC. The normalized spacial score (nSPS) is 21.1. The zero-order chi connectivity index (χ0) is 25.5. The minimum Gasteiger partial charge on any atom is -0.459 e. The lowest BCUT2D eigenvalue weighted by atomic mass is 9.88. The van der Waals surface area contributed by atoms with Gasteiger partial charge in [0.1, 0.15) is 11.5 Å². The lowest BCUT2D eigenvalue weighted by Crippen LogP contribution is -2.17. The van der Waals surface area contributed by atoms with Crippen LogP contribution in [0.4, 0.5) is 0 Å². The van der Waals surface area contributed by atoms with Crippen molar-refractivity contribution < 1.29 is 30.0 Å². The molecule has 1 saturated carbocycles. The van der Waals surface area contributed by atoms with Crippen LogP contribution >= 0.6 is 11.3 Å². The Labute approximate surface area is 208 Å². The van der Waals surface area contributed by atoms with E-state index >= 15 is 0 Å². The van der Waals surface area contributed by atoms with Crippen molar-refractivity contribution in [1.29, 1.82) is 0 Å². The molecule has 1 aliphatic rings. The molecule has 1 unspecified atom stereocenters. The first-order valence-corrected chi connectivity index (χ1v) is 13.1. The van der Waals surface area contributed by atoms with E-state index < -0.39 is 18.2 Å². The third-order valence-corrected chi connectivity index (χ3v) is 6.85. The Balaban J connectivity index is 0.00000281. The molecule has 5 atom stereocenters. The summed E-state index contributed by atoms with van der Waals surface area (Å²) in [7, 11) is 0. The second-order valence-electron chi connectivity index (χ2n) is 8.48. The third kappa shape index (κ3) is 10.7. The third-order valence-electron chi connectivity index (χ3n) is 5.73. The zero-order valence-corrected chi connectivity index (χ0v) is 21.6. The molecule has 0 spiro atoms. The molecular weight excluding hydrogens is 452 g/mol. The molecule has 0 aliphatic heterocycles. The fraction of sp³-hybridized carbons (Fsp3) is 0.630. The quantitative estimate of drug-likeness (QED) is 0.184. The Kier molecular flexibility index (Phi) is 15.0. The van der Waals surface area contributed by atoms with Gasteiger partial charge in [-0.15, -0.1) is 17.1 Å². The zero-order valence-electron chi connectivity index (χ0n) is 20.8. The van der Waals surface area contributed by atoms with Crippen LogP contribution in [-0.4, -0.2) is 57.9 Å². The van der Waals surface area contributed by atoms with Gasteiger partial charge in [-0.25, -0.2) is 4.79 Å². The number of esters is 1. The number of aliphatic hydroxyl groups is 4. The van der Waals surface area contributed by atoms with Crippen molar-refractivity contribution in [1.82, 2.24) is 0 Å². The fourth-order valence-electron chi connectivity index (χ4n) is 4.03. The van der Waals surface area contributed by atoms with E-state index in [1.54, 1.807) is 19.1 Å². The number of ether oxygens (including phenoxy) is 1. The van der Waals surface area contributed by atoms with E-state index in [9.17, 15) is 20.1 Å². The number of carbonyl (C=O) groups excluding carboxylic acids is 1. The molecule has 2 rings (SSSR count). The largest absolute Gasteiger partial charge is 0.459 e. The van der Waals surface area contributed by atoms with E-state index in [4.69, 9.17) is 9.84 Å². The highest BCUT2D eigenvalue weighted by Gasteiger charge is 2.35. The molecule has 1 fully saturated rings. The Morgan fingerprint density at radius 3 is 2.71 bits per heavy atom. The van der Waals surface area contributed by atoms with Gasteiger partial charge in [0.15, 0.2) is 0 Å². The van der Waals surface area contributed by atoms with E-state index in [1.807, 2.05) is 26.0 Å². The van der Waals surface area contributed by atoms with Crippen LogP contribution in [0.15, 0.2) is 42.2 Å². The first-order chi connectivity index (χ1) is 16.3. The minimum atomic E-state index is -0.609. The van der Waals surface area contributed by atoms with Crippen LogP contribution < -0.4 is 0 Å². The number of thiophene rings is 1. The number of rotatable bonds is 13. The van der Waals surface area contributed by atoms with E-state index in [1.165, 1.54) is 11.3 Å². The van der Waals surface area contributed by atoms with E-state index in [0.29, 0.717) is 24.1 Å². The van der Waals surface area contributed by atoms with Gasteiger partial charge >= 0.3 is 5.97 Å². The van der Waals surface area contributed by atoms with Crippen molar-refractivity contribution in [3.05, 3.63) is 51.9 Å². The van der Waals surface area contributed by atoms with Crippen molar-refractivity contribution >= 4 is 17.3 Å². The molecule has 1 aromatic heterocycles. The summed E-state index contributed by atoms with van der Waals surface area (Å²) in [6, 6.07) is 3.68. The molecule has 6 nitrogen and oxygen atoms in total. The first-order valence-electron chi connectivity index (χ1n) is 12.3.